The van der Waals surface area contributed by atoms with Crippen LogP contribution in [0.25, 0.3) is 11.0 Å². The number of rotatable bonds is 4. The van der Waals surface area contributed by atoms with Crippen molar-refractivity contribution in [3.63, 3.8) is 0 Å². The van der Waals surface area contributed by atoms with Gasteiger partial charge in [0.05, 0.1) is 27.8 Å². The van der Waals surface area contributed by atoms with Crippen molar-refractivity contribution in [2.24, 2.45) is 0 Å². The minimum absolute atomic E-state index is 0.116. The zero-order valence-corrected chi connectivity index (χ0v) is 20.0. The molecule has 1 aliphatic heterocycles. The molecule has 1 atom stereocenters. The Morgan fingerprint density at radius 1 is 1.03 bits per heavy atom. The number of amides is 3. The first-order chi connectivity index (χ1) is 16.8. The van der Waals surface area contributed by atoms with Crippen LogP contribution in [0, 0.1) is 6.92 Å². The smallest absolute Gasteiger partial charge is 0.295 e. The van der Waals surface area contributed by atoms with E-state index in [0.29, 0.717) is 33.2 Å². The minimum Gasteiger partial charge on any atom is -0.451 e. The van der Waals surface area contributed by atoms with E-state index in [9.17, 15) is 14.4 Å². The van der Waals surface area contributed by atoms with Gasteiger partial charge in [0, 0.05) is 16.6 Å². The van der Waals surface area contributed by atoms with E-state index in [1.165, 1.54) is 11.0 Å². The second-order valence-corrected chi connectivity index (χ2v) is 8.95. The Morgan fingerprint density at radius 2 is 1.77 bits per heavy atom. The van der Waals surface area contributed by atoms with Gasteiger partial charge in [-0.25, -0.2) is 0 Å². The van der Waals surface area contributed by atoms with Crippen LogP contribution in [0.2, 0.25) is 10.0 Å². The van der Waals surface area contributed by atoms with Crippen molar-refractivity contribution < 1.29 is 18.8 Å². The number of furan rings is 1. The third-order valence-corrected chi connectivity index (χ3v) is 6.61. The largest absolute Gasteiger partial charge is 0.451 e. The highest BCUT2D eigenvalue weighted by atomic mass is 35.5. The van der Waals surface area contributed by atoms with Crippen LogP contribution in [0.3, 0.4) is 0 Å². The van der Waals surface area contributed by atoms with Crippen LogP contribution in [0.1, 0.15) is 22.5 Å². The number of hydrogen-bond donors (Lipinski definition) is 2. The van der Waals surface area contributed by atoms with E-state index in [2.05, 4.69) is 10.6 Å². The van der Waals surface area contributed by atoms with Crippen LogP contribution in [-0.2, 0) is 9.59 Å². The highest BCUT2D eigenvalue weighted by molar-refractivity contribution is 6.42. The van der Waals surface area contributed by atoms with Gasteiger partial charge in [0.15, 0.2) is 5.76 Å². The number of carbonyl (C=O) groups is 3. The van der Waals surface area contributed by atoms with E-state index in [1.807, 2.05) is 18.2 Å². The van der Waals surface area contributed by atoms with Gasteiger partial charge in [-0.05, 0) is 43.3 Å². The van der Waals surface area contributed by atoms with Crippen molar-refractivity contribution in [1.29, 1.82) is 0 Å². The molecule has 5 rings (SSSR count). The Kier molecular flexibility index (Phi) is 5.96. The Labute approximate surface area is 210 Å². The molecule has 3 amide bonds. The summed E-state index contributed by atoms with van der Waals surface area (Å²) in [4.78, 5) is 41.2. The van der Waals surface area contributed by atoms with Crippen LogP contribution in [0.4, 0.5) is 17.1 Å². The van der Waals surface area contributed by atoms with Gasteiger partial charge in [-0.15, -0.1) is 0 Å². The predicted octanol–water partition coefficient (Wildman–Crippen LogP) is 6.04. The van der Waals surface area contributed by atoms with Crippen molar-refractivity contribution in [3.05, 3.63) is 88.1 Å². The Balaban J connectivity index is 1.50. The predicted molar refractivity (Wildman–Crippen MR) is 136 cm³/mol. The zero-order valence-electron chi connectivity index (χ0n) is 18.5. The number of benzene rings is 3. The van der Waals surface area contributed by atoms with Gasteiger partial charge >= 0.3 is 0 Å². The number of nitrogens with zero attached hydrogens (tertiary/aromatic N) is 1. The molecule has 0 fully saturated rings. The lowest BCUT2D eigenvalue weighted by atomic mass is 10.0. The highest BCUT2D eigenvalue weighted by Gasteiger charge is 2.40. The van der Waals surface area contributed by atoms with Crippen LogP contribution in [-0.4, -0.2) is 23.8 Å². The zero-order chi connectivity index (χ0) is 24.7. The Morgan fingerprint density at radius 3 is 2.54 bits per heavy atom. The second-order valence-electron chi connectivity index (χ2n) is 8.13. The first-order valence-electron chi connectivity index (χ1n) is 10.8. The topological polar surface area (TPSA) is 91.7 Å². The SMILES string of the molecule is Cc1c(C(=O)N2c3ccccc3NC(=O)[C@@H]2CC(=O)Nc2ccc(Cl)c(Cl)c2)oc2ccccc12. The molecule has 1 aliphatic rings. The molecule has 0 spiro atoms. The molecule has 35 heavy (non-hydrogen) atoms. The molecule has 176 valence electrons. The molecule has 7 nitrogen and oxygen atoms in total. The van der Waals surface area contributed by atoms with E-state index >= 15 is 0 Å². The lowest BCUT2D eigenvalue weighted by molar-refractivity contribution is -0.122. The van der Waals surface area contributed by atoms with Gasteiger partial charge in [-0.3, -0.25) is 19.3 Å². The maximum Gasteiger partial charge on any atom is 0.295 e. The van der Waals surface area contributed by atoms with Crippen molar-refractivity contribution in [3.8, 4) is 0 Å². The van der Waals surface area contributed by atoms with Gasteiger partial charge in [-0.1, -0.05) is 53.5 Å². The molecule has 0 bridgehead atoms. The normalized spacial score (nSPS) is 15.0. The molecule has 1 aromatic heterocycles. The van der Waals surface area contributed by atoms with E-state index in [-0.39, 0.29) is 17.2 Å². The average Bonchev–Trinajstić information content (AvgIpc) is 3.18. The highest BCUT2D eigenvalue weighted by Crippen LogP contribution is 2.36. The first-order valence-corrected chi connectivity index (χ1v) is 11.6. The molecule has 0 radical (unpaired) electrons. The summed E-state index contributed by atoms with van der Waals surface area (Å²) in [5.41, 5.74) is 2.60. The van der Waals surface area contributed by atoms with E-state index < -0.39 is 23.8 Å². The summed E-state index contributed by atoms with van der Waals surface area (Å²) in [7, 11) is 0. The van der Waals surface area contributed by atoms with Gasteiger partial charge in [-0.2, -0.15) is 0 Å². The number of anilines is 3. The molecule has 0 unspecified atom stereocenters. The molecule has 2 heterocycles. The quantitative estimate of drug-likeness (QED) is 0.352. The van der Waals surface area contributed by atoms with Crippen LogP contribution in [0.5, 0.6) is 0 Å². The maximum atomic E-state index is 13.8. The van der Waals surface area contributed by atoms with Crippen LogP contribution < -0.4 is 15.5 Å². The molecular formula is C26H19Cl2N3O4. The summed E-state index contributed by atoms with van der Waals surface area (Å²) in [6.07, 6.45) is -0.286. The molecule has 0 saturated heterocycles. The molecule has 0 saturated carbocycles. The summed E-state index contributed by atoms with van der Waals surface area (Å²) in [6.45, 7) is 1.79. The second kappa shape index (κ2) is 9.09. The van der Waals surface area contributed by atoms with Gasteiger partial charge in [0.1, 0.15) is 11.6 Å². The van der Waals surface area contributed by atoms with E-state index in [0.717, 1.165) is 5.39 Å². The minimum atomic E-state index is -1.10. The summed E-state index contributed by atoms with van der Waals surface area (Å²) in [6, 6.07) is 17.8. The number of nitrogens with one attached hydrogen (secondary N) is 2. The molecular weight excluding hydrogens is 489 g/mol. The summed E-state index contributed by atoms with van der Waals surface area (Å²) in [5, 5.41) is 6.94. The van der Waals surface area contributed by atoms with Crippen LogP contribution in [0.15, 0.2) is 71.1 Å². The lowest BCUT2D eigenvalue weighted by Crippen LogP contribution is -2.52. The molecule has 4 aromatic rings. The summed E-state index contributed by atoms with van der Waals surface area (Å²) in [5.74, 6) is -1.34. The average molecular weight is 508 g/mol. The van der Waals surface area contributed by atoms with Crippen molar-refractivity contribution in [2.45, 2.75) is 19.4 Å². The maximum absolute atomic E-state index is 13.8. The molecule has 9 heteroatoms. The standard InChI is InChI=1S/C26H19Cl2N3O4/c1-14-16-6-2-5-9-22(16)35-24(14)26(34)31-20-8-4-3-7-19(20)30-25(33)21(31)13-23(32)29-15-10-11-17(27)18(28)12-15/h2-12,21H,13H2,1H3,(H,29,32)(H,30,33)/t21-/m0/s1. The summed E-state index contributed by atoms with van der Waals surface area (Å²) < 4.78 is 5.89. The van der Waals surface area contributed by atoms with Gasteiger partial charge in [0.2, 0.25) is 11.8 Å². The molecule has 0 aliphatic carbocycles. The van der Waals surface area contributed by atoms with E-state index in [1.54, 1.807) is 49.4 Å². The fraction of sp³-hybridized carbons (Fsp3) is 0.115. The van der Waals surface area contributed by atoms with Crippen molar-refractivity contribution >= 4 is 69.0 Å². The number of para-hydroxylation sites is 3. The van der Waals surface area contributed by atoms with E-state index in [4.69, 9.17) is 27.6 Å². The number of carbonyl (C=O) groups excluding carboxylic acids is 3. The Hall–Kier alpha value is -3.81. The van der Waals surface area contributed by atoms with Crippen molar-refractivity contribution in [1.82, 2.24) is 0 Å². The van der Waals surface area contributed by atoms with Crippen molar-refractivity contribution in [2.75, 3.05) is 15.5 Å². The number of hydrogen-bond acceptors (Lipinski definition) is 4. The Bertz CT molecular complexity index is 1500. The summed E-state index contributed by atoms with van der Waals surface area (Å²) >= 11 is 12.0. The lowest BCUT2D eigenvalue weighted by Gasteiger charge is -2.35. The number of fused-ring (bicyclic) bond motifs is 2. The third kappa shape index (κ3) is 4.24. The fourth-order valence-electron chi connectivity index (χ4n) is 4.17. The van der Waals surface area contributed by atoms with Gasteiger partial charge in [0.25, 0.3) is 5.91 Å². The number of halogens is 2. The third-order valence-electron chi connectivity index (χ3n) is 5.87. The molecule has 2 N–H and O–H groups in total. The van der Waals surface area contributed by atoms with Crippen LogP contribution >= 0.6 is 23.2 Å². The fourth-order valence-corrected chi connectivity index (χ4v) is 4.47. The van der Waals surface area contributed by atoms with Gasteiger partial charge < -0.3 is 15.1 Å². The first kappa shape index (κ1) is 23.0. The monoisotopic (exact) mass is 507 g/mol. The number of aryl methyl sites for hydroxylation is 1. The molecule has 3 aromatic carbocycles.